The van der Waals surface area contributed by atoms with Crippen LogP contribution in [0.2, 0.25) is 0 Å². The highest BCUT2D eigenvalue weighted by Gasteiger charge is 2.20. The molecule has 0 aliphatic heterocycles. The number of pyridine rings is 1. The fourth-order valence-electron chi connectivity index (χ4n) is 3.63. The summed E-state index contributed by atoms with van der Waals surface area (Å²) >= 11 is 0. The molecular formula is C23H31N4O7P. The highest BCUT2D eigenvalue weighted by Crippen LogP contribution is 2.34. The van der Waals surface area contributed by atoms with Gasteiger partial charge in [-0.15, -0.1) is 0 Å². The third-order valence-electron chi connectivity index (χ3n) is 5.14. The summed E-state index contributed by atoms with van der Waals surface area (Å²) in [6, 6.07) is 7.73. The molecule has 0 bridgehead atoms. The molecule has 3 N–H and O–H groups in total. The number of imidazole rings is 1. The van der Waals surface area contributed by atoms with Gasteiger partial charge in [-0.2, -0.15) is 0 Å². The Kier molecular flexibility index (Phi) is 9.73. The molecule has 0 saturated heterocycles. The van der Waals surface area contributed by atoms with Crippen LogP contribution in [0.15, 0.2) is 24.3 Å². The molecule has 2 aromatic heterocycles. The first-order valence-electron chi connectivity index (χ1n) is 11.4. The fraction of sp³-hybridized carbons (Fsp3) is 0.478. The van der Waals surface area contributed by atoms with Gasteiger partial charge in [0.2, 0.25) is 0 Å². The summed E-state index contributed by atoms with van der Waals surface area (Å²) in [5.74, 6) is 0.170. The van der Waals surface area contributed by atoms with Crippen LogP contribution in [0.5, 0.6) is 0 Å². The van der Waals surface area contributed by atoms with Gasteiger partial charge >= 0.3 is 20.5 Å². The zero-order valence-corrected chi connectivity index (χ0v) is 21.0. The van der Waals surface area contributed by atoms with Crippen molar-refractivity contribution >= 4 is 48.3 Å². The van der Waals surface area contributed by atoms with Gasteiger partial charge < -0.3 is 33.7 Å². The summed E-state index contributed by atoms with van der Waals surface area (Å²) in [5, 5.41) is 0.934. The van der Waals surface area contributed by atoms with Crippen molar-refractivity contribution in [3.8, 4) is 0 Å². The minimum atomic E-state index is -2.25. The molecule has 0 saturated carbocycles. The van der Waals surface area contributed by atoms with Crippen molar-refractivity contribution in [2.45, 2.75) is 52.7 Å². The number of nitrogens with two attached hydrogens (primary N) is 1. The maximum Gasteiger partial charge on any atom is 0.330 e. The number of hydrogen-bond donors (Lipinski definition) is 2. The van der Waals surface area contributed by atoms with Gasteiger partial charge in [-0.3, -0.25) is 9.59 Å². The number of fused-ring (bicyclic) bond motifs is 3. The van der Waals surface area contributed by atoms with E-state index in [1.54, 1.807) is 0 Å². The van der Waals surface area contributed by atoms with Gasteiger partial charge in [-0.25, -0.2) is 9.97 Å². The second-order valence-electron chi connectivity index (χ2n) is 7.90. The van der Waals surface area contributed by atoms with Gasteiger partial charge in [-0.1, -0.05) is 31.5 Å². The number of esters is 2. The Morgan fingerprint density at radius 3 is 2.63 bits per heavy atom. The first-order chi connectivity index (χ1) is 16.8. The van der Waals surface area contributed by atoms with E-state index in [9.17, 15) is 14.5 Å². The lowest BCUT2D eigenvalue weighted by Gasteiger charge is -2.18. The predicted octanol–water partition coefficient (Wildman–Crippen LogP) is 3.26. The molecule has 3 aromatic rings. The lowest BCUT2D eigenvalue weighted by atomic mass is 10.2. The smallest absolute Gasteiger partial charge is 0.330 e. The van der Waals surface area contributed by atoms with Crippen molar-refractivity contribution < 1.29 is 33.0 Å². The van der Waals surface area contributed by atoms with Crippen molar-refractivity contribution in [3.05, 3.63) is 30.1 Å². The van der Waals surface area contributed by atoms with Crippen LogP contribution in [0.25, 0.3) is 21.9 Å². The number of nitrogen functional groups attached to an aromatic ring is 1. The summed E-state index contributed by atoms with van der Waals surface area (Å²) in [6.45, 7) is 4.78. The average Bonchev–Trinajstić information content (AvgIpc) is 3.18. The van der Waals surface area contributed by atoms with E-state index in [1.165, 1.54) is 13.8 Å². The molecule has 0 radical (unpaired) electrons. The third-order valence-corrected chi connectivity index (χ3v) is 5.91. The SMILES string of the molecule is CCCCc1nc2c(N)nc3ccccc3c2n1CCOP(O)OC[C@@H](COC(C)=O)OC(C)=O. The lowest BCUT2D eigenvalue weighted by Crippen LogP contribution is -2.28. The molecule has 190 valence electrons. The second kappa shape index (κ2) is 12.7. The van der Waals surface area contributed by atoms with Crippen LogP contribution in [0.1, 0.15) is 39.4 Å². The standard InChI is InChI=1S/C23H31N4O7P/c1-4-5-10-20-26-21-22(18-8-6-7-9-19(18)25-23(21)24)27(20)11-12-32-35(30)33-14-17(34-16(3)29)13-31-15(2)28/h6-9,17,30H,4-5,10-14H2,1-3H3,(H2,24,25)/t17-,35?/m1/s1. The number of nitrogens with zero attached hydrogens (tertiary/aromatic N) is 3. The van der Waals surface area contributed by atoms with E-state index in [2.05, 4.69) is 16.5 Å². The quantitative estimate of drug-likeness (QED) is 0.261. The zero-order chi connectivity index (χ0) is 25.4. The van der Waals surface area contributed by atoms with E-state index in [-0.39, 0.29) is 19.8 Å². The number of carbonyl (C=O) groups is 2. The van der Waals surface area contributed by atoms with Crippen LogP contribution in [-0.2, 0) is 41.1 Å². The van der Waals surface area contributed by atoms with Crippen LogP contribution in [-0.4, -0.2) is 57.3 Å². The van der Waals surface area contributed by atoms with Crippen molar-refractivity contribution in [2.75, 3.05) is 25.6 Å². The number of hydrogen-bond acceptors (Lipinski definition) is 10. The first kappa shape index (κ1) is 26.7. The Morgan fingerprint density at radius 1 is 1.14 bits per heavy atom. The molecule has 1 aromatic carbocycles. The van der Waals surface area contributed by atoms with Gasteiger partial charge in [0.1, 0.15) is 17.9 Å². The minimum absolute atomic E-state index is 0.144. The molecule has 0 aliphatic carbocycles. The molecule has 3 rings (SSSR count). The Hall–Kier alpha value is -2.85. The molecule has 0 amide bonds. The first-order valence-corrected chi connectivity index (χ1v) is 12.5. The van der Waals surface area contributed by atoms with Crippen molar-refractivity contribution in [2.24, 2.45) is 0 Å². The van der Waals surface area contributed by atoms with E-state index in [0.717, 1.165) is 41.5 Å². The number of ether oxygens (including phenoxy) is 2. The number of aromatic nitrogens is 3. The van der Waals surface area contributed by atoms with Gasteiger partial charge in [0, 0.05) is 32.2 Å². The molecule has 0 fully saturated rings. The molecule has 2 heterocycles. The van der Waals surface area contributed by atoms with Crippen molar-refractivity contribution in [3.63, 3.8) is 0 Å². The third kappa shape index (κ3) is 7.32. The normalized spacial score (nSPS) is 13.1. The van der Waals surface area contributed by atoms with Crippen LogP contribution in [0, 0.1) is 0 Å². The molecule has 2 atom stereocenters. The van der Waals surface area contributed by atoms with E-state index < -0.39 is 26.6 Å². The maximum absolute atomic E-state index is 11.2. The molecule has 0 aliphatic rings. The summed E-state index contributed by atoms with van der Waals surface area (Å²) < 4.78 is 22.8. The Bertz CT molecular complexity index is 1170. The number of unbranched alkanes of at least 4 members (excludes halogenated alkanes) is 1. The predicted molar refractivity (Wildman–Crippen MR) is 131 cm³/mol. The number of anilines is 1. The van der Waals surface area contributed by atoms with E-state index in [4.69, 9.17) is 29.2 Å². The number of para-hydroxylation sites is 1. The number of rotatable bonds is 13. The molecule has 12 heteroatoms. The van der Waals surface area contributed by atoms with Gasteiger partial charge in [-0.05, 0) is 12.5 Å². The highest BCUT2D eigenvalue weighted by atomic mass is 31.2. The lowest BCUT2D eigenvalue weighted by molar-refractivity contribution is -0.158. The molecule has 11 nitrogen and oxygen atoms in total. The molecule has 35 heavy (non-hydrogen) atoms. The van der Waals surface area contributed by atoms with Crippen molar-refractivity contribution in [1.29, 1.82) is 0 Å². The van der Waals surface area contributed by atoms with E-state index >= 15 is 0 Å². The van der Waals surface area contributed by atoms with E-state index in [0.29, 0.717) is 17.9 Å². The fourth-order valence-corrected chi connectivity index (χ4v) is 4.23. The zero-order valence-electron chi connectivity index (χ0n) is 20.1. The van der Waals surface area contributed by atoms with Gasteiger partial charge in [0.15, 0.2) is 11.9 Å². The summed E-state index contributed by atoms with van der Waals surface area (Å²) in [7, 11) is -2.25. The van der Waals surface area contributed by atoms with Gasteiger partial charge in [0.05, 0.1) is 24.2 Å². The molecular weight excluding hydrogens is 475 g/mol. The summed E-state index contributed by atoms with van der Waals surface area (Å²) in [6.07, 6.45) is 1.90. The summed E-state index contributed by atoms with van der Waals surface area (Å²) in [4.78, 5) is 41.7. The second-order valence-corrected chi connectivity index (χ2v) is 8.89. The number of benzene rings is 1. The highest BCUT2D eigenvalue weighted by molar-refractivity contribution is 7.40. The van der Waals surface area contributed by atoms with Crippen molar-refractivity contribution in [1.82, 2.24) is 14.5 Å². The van der Waals surface area contributed by atoms with Crippen LogP contribution in [0.3, 0.4) is 0 Å². The minimum Gasteiger partial charge on any atom is -0.462 e. The van der Waals surface area contributed by atoms with Crippen LogP contribution >= 0.6 is 8.60 Å². The Labute approximate surface area is 204 Å². The topological polar surface area (TPSA) is 148 Å². The van der Waals surface area contributed by atoms with E-state index in [1.807, 2.05) is 24.3 Å². The average molecular weight is 506 g/mol. The van der Waals surface area contributed by atoms with Crippen LogP contribution < -0.4 is 5.73 Å². The maximum atomic E-state index is 11.2. The number of carbonyl (C=O) groups excluding carboxylic acids is 2. The Balaban J connectivity index is 1.69. The van der Waals surface area contributed by atoms with Crippen LogP contribution in [0.4, 0.5) is 5.82 Å². The van der Waals surface area contributed by atoms with Gasteiger partial charge in [0.25, 0.3) is 0 Å². The largest absolute Gasteiger partial charge is 0.462 e. The monoisotopic (exact) mass is 506 g/mol. The number of aryl methyl sites for hydroxylation is 1. The Morgan fingerprint density at radius 2 is 1.91 bits per heavy atom. The molecule has 1 unspecified atom stereocenters. The summed E-state index contributed by atoms with van der Waals surface area (Å²) in [5.41, 5.74) is 8.51. The molecule has 0 spiro atoms.